The Morgan fingerprint density at radius 1 is 1.14 bits per heavy atom. The van der Waals surface area contributed by atoms with E-state index in [-0.39, 0.29) is 21.9 Å². The molecule has 0 saturated heterocycles. The van der Waals surface area contributed by atoms with Gasteiger partial charge in [0.1, 0.15) is 5.52 Å². The molecule has 0 aliphatic carbocycles. The fourth-order valence-corrected chi connectivity index (χ4v) is 3.82. The third-order valence-corrected chi connectivity index (χ3v) is 5.95. The Bertz CT molecular complexity index is 1430. The van der Waals surface area contributed by atoms with Crippen molar-refractivity contribution in [2.45, 2.75) is 33.2 Å². The lowest BCUT2D eigenvalue weighted by Crippen LogP contribution is -2.39. The van der Waals surface area contributed by atoms with Crippen LogP contribution in [0.2, 0.25) is 0 Å². The van der Waals surface area contributed by atoms with Crippen molar-refractivity contribution in [3.8, 4) is 11.5 Å². The number of nitrogens with one attached hydrogen (secondary N) is 2. The first-order valence-corrected chi connectivity index (χ1v) is 11.5. The van der Waals surface area contributed by atoms with Gasteiger partial charge in [0.25, 0.3) is 11.6 Å². The summed E-state index contributed by atoms with van der Waals surface area (Å²) < 4.78 is 5.91. The Labute approximate surface area is 207 Å². The van der Waals surface area contributed by atoms with E-state index in [1.54, 1.807) is 0 Å². The molecule has 0 aliphatic heterocycles. The van der Waals surface area contributed by atoms with Gasteiger partial charge in [-0.25, -0.2) is 4.98 Å². The third-order valence-electron chi connectivity index (χ3n) is 5.71. The third kappa shape index (κ3) is 5.36. The van der Waals surface area contributed by atoms with Crippen LogP contribution in [-0.4, -0.2) is 20.9 Å². The average Bonchev–Trinajstić information content (AvgIpc) is 3.26. The predicted octanol–water partition coefficient (Wildman–Crippen LogP) is 5.64. The Hall–Kier alpha value is -4.11. The van der Waals surface area contributed by atoms with E-state index in [1.807, 2.05) is 30.3 Å². The lowest BCUT2D eigenvalue weighted by atomic mass is 10.0. The van der Waals surface area contributed by atoms with Crippen LogP contribution < -0.4 is 10.6 Å². The molecule has 4 aromatic rings. The van der Waals surface area contributed by atoms with E-state index in [2.05, 4.69) is 41.6 Å². The van der Waals surface area contributed by atoms with Crippen molar-refractivity contribution in [2.24, 2.45) is 0 Å². The lowest BCUT2D eigenvalue weighted by Gasteiger charge is -2.11. The summed E-state index contributed by atoms with van der Waals surface area (Å²) in [6.45, 7) is 6.20. The van der Waals surface area contributed by atoms with E-state index in [0.29, 0.717) is 18.4 Å². The van der Waals surface area contributed by atoms with Crippen molar-refractivity contribution < 1.29 is 14.1 Å². The highest BCUT2D eigenvalue weighted by Gasteiger charge is 2.18. The number of benzene rings is 3. The zero-order chi connectivity index (χ0) is 25.1. The van der Waals surface area contributed by atoms with E-state index in [9.17, 15) is 14.9 Å². The van der Waals surface area contributed by atoms with Gasteiger partial charge in [-0.1, -0.05) is 38.1 Å². The summed E-state index contributed by atoms with van der Waals surface area (Å²) in [6.07, 6.45) is 0. The number of rotatable bonds is 6. The van der Waals surface area contributed by atoms with Gasteiger partial charge in [-0.2, -0.15) is 0 Å². The summed E-state index contributed by atoms with van der Waals surface area (Å²) >= 11 is 5.22. The zero-order valence-electron chi connectivity index (χ0n) is 19.5. The predicted molar refractivity (Wildman–Crippen MR) is 138 cm³/mol. The second-order valence-electron chi connectivity index (χ2n) is 8.44. The topological polar surface area (TPSA) is 110 Å². The molecule has 9 heteroatoms. The number of thiocarbonyl (C=S) groups is 1. The highest BCUT2D eigenvalue weighted by molar-refractivity contribution is 7.80. The second kappa shape index (κ2) is 10.0. The molecule has 4 rings (SSSR count). The van der Waals surface area contributed by atoms with Crippen LogP contribution in [0.25, 0.3) is 22.6 Å². The number of nitrogens with zero attached hydrogens (tertiary/aromatic N) is 2. The van der Waals surface area contributed by atoms with Gasteiger partial charge in [0.05, 0.1) is 4.92 Å². The van der Waals surface area contributed by atoms with Crippen LogP contribution in [0.3, 0.4) is 0 Å². The lowest BCUT2D eigenvalue weighted by molar-refractivity contribution is -0.385. The average molecular weight is 489 g/mol. The van der Waals surface area contributed by atoms with Crippen LogP contribution >= 0.6 is 12.2 Å². The number of carbonyl (C=O) groups is 1. The Balaban J connectivity index is 1.37. The SMILES string of the molecule is Cc1c(C(=O)NC(=S)NCc2ccc(-c3nc4cc(C(C)C)ccc4o3)cc2)cccc1[N+](=O)[O-]. The first kappa shape index (κ1) is 24.0. The molecule has 1 aromatic heterocycles. The molecule has 0 saturated carbocycles. The molecular weight excluding hydrogens is 464 g/mol. The maximum atomic E-state index is 12.5. The number of aromatic nitrogens is 1. The number of fused-ring (bicyclic) bond motifs is 1. The van der Waals surface area contributed by atoms with E-state index >= 15 is 0 Å². The van der Waals surface area contributed by atoms with Gasteiger partial charge in [0.15, 0.2) is 10.7 Å². The molecule has 0 radical (unpaired) electrons. The summed E-state index contributed by atoms with van der Waals surface area (Å²) in [6, 6.07) is 18.1. The van der Waals surface area contributed by atoms with Crippen molar-refractivity contribution in [1.29, 1.82) is 0 Å². The minimum Gasteiger partial charge on any atom is -0.436 e. The van der Waals surface area contributed by atoms with E-state index < -0.39 is 10.8 Å². The van der Waals surface area contributed by atoms with Crippen molar-refractivity contribution in [3.63, 3.8) is 0 Å². The normalized spacial score (nSPS) is 11.0. The Kier molecular flexibility index (Phi) is 6.88. The fourth-order valence-electron chi connectivity index (χ4n) is 3.66. The van der Waals surface area contributed by atoms with Crippen LogP contribution in [0.5, 0.6) is 0 Å². The summed E-state index contributed by atoms with van der Waals surface area (Å²) in [7, 11) is 0. The van der Waals surface area contributed by atoms with Crippen molar-refractivity contribution in [1.82, 2.24) is 15.6 Å². The molecule has 0 fully saturated rings. The van der Waals surface area contributed by atoms with Gasteiger partial charge in [-0.15, -0.1) is 0 Å². The highest BCUT2D eigenvalue weighted by Crippen LogP contribution is 2.27. The summed E-state index contributed by atoms with van der Waals surface area (Å²) in [5, 5.41) is 16.8. The van der Waals surface area contributed by atoms with Crippen LogP contribution in [-0.2, 0) is 6.54 Å². The summed E-state index contributed by atoms with van der Waals surface area (Å²) in [5.74, 6) is 0.462. The fraction of sp³-hybridized carbons (Fsp3) is 0.192. The zero-order valence-corrected chi connectivity index (χ0v) is 20.3. The van der Waals surface area contributed by atoms with Gasteiger partial charge in [0.2, 0.25) is 5.89 Å². The number of hydrogen-bond donors (Lipinski definition) is 2. The monoisotopic (exact) mass is 488 g/mol. The molecular formula is C26H24N4O4S. The van der Waals surface area contributed by atoms with Crippen LogP contribution in [0.15, 0.2) is 65.1 Å². The van der Waals surface area contributed by atoms with Gasteiger partial charge in [0, 0.05) is 29.3 Å². The minimum atomic E-state index is -0.518. The van der Waals surface area contributed by atoms with E-state index in [1.165, 1.54) is 30.7 Å². The van der Waals surface area contributed by atoms with Crippen LogP contribution in [0.4, 0.5) is 5.69 Å². The summed E-state index contributed by atoms with van der Waals surface area (Å²) in [4.78, 5) is 27.7. The first-order valence-electron chi connectivity index (χ1n) is 11.1. The quantitative estimate of drug-likeness (QED) is 0.205. The molecule has 178 valence electrons. The molecule has 0 spiro atoms. The molecule has 0 unspecified atom stereocenters. The summed E-state index contributed by atoms with van der Waals surface area (Å²) in [5.41, 5.74) is 4.95. The largest absolute Gasteiger partial charge is 0.436 e. The maximum Gasteiger partial charge on any atom is 0.273 e. The minimum absolute atomic E-state index is 0.115. The first-order chi connectivity index (χ1) is 16.7. The maximum absolute atomic E-state index is 12.5. The van der Waals surface area contributed by atoms with Gasteiger partial charge < -0.3 is 9.73 Å². The van der Waals surface area contributed by atoms with Crippen molar-refractivity contribution in [3.05, 3.63) is 93.0 Å². The number of carbonyl (C=O) groups excluding carboxylic acids is 1. The Morgan fingerprint density at radius 2 is 1.89 bits per heavy atom. The van der Waals surface area contributed by atoms with Gasteiger partial charge in [-0.3, -0.25) is 20.2 Å². The van der Waals surface area contributed by atoms with Gasteiger partial charge >= 0.3 is 0 Å². The molecule has 2 N–H and O–H groups in total. The van der Waals surface area contributed by atoms with E-state index in [4.69, 9.17) is 16.6 Å². The van der Waals surface area contributed by atoms with Crippen LogP contribution in [0.1, 0.15) is 46.8 Å². The molecule has 35 heavy (non-hydrogen) atoms. The molecule has 0 bridgehead atoms. The number of nitro groups is 1. The molecule has 3 aromatic carbocycles. The molecule has 0 aliphatic rings. The van der Waals surface area contributed by atoms with Crippen molar-refractivity contribution in [2.75, 3.05) is 0 Å². The second-order valence-corrected chi connectivity index (χ2v) is 8.85. The molecule has 0 atom stereocenters. The van der Waals surface area contributed by atoms with Crippen molar-refractivity contribution >= 4 is 40.0 Å². The molecule has 1 heterocycles. The number of nitro benzene ring substituents is 1. The standard InChI is InChI=1S/C26H24N4O4S/c1-15(2)19-11-12-23-21(13-19)28-25(34-23)18-9-7-17(8-10-18)14-27-26(35)29-24(31)20-5-4-6-22(16(20)3)30(32)33/h4-13,15H,14H2,1-3H3,(H2,27,29,31,35). The van der Waals surface area contributed by atoms with Crippen LogP contribution in [0, 0.1) is 17.0 Å². The smallest absolute Gasteiger partial charge is 0.273 e. The number of oxazole rings is 1. The number of amides is 1. The Morgan fingerprint density at radius 3 is 2.57 bits per heavy atom. The van der Waals surface area contributed by atoms with E-state index in [0.717, 1.165) is 22.2 Å². The molecule has 8 nitrogen and oxygen atoms in total. The number of hydrogen-bond acceptors (Lipinski definition) is 6. The highest BCUT2D eigenvalue weighted by atomic mass is 32.1. The van der Waals surface area contributed by atoms with Gasteiger partial charge in [-0.05, 0) is 66.5 Å². The molecule has 1 amide bonds.